The Morgan fingerprint density at radius 1 is 1.15 bits per heavy atom. The Hall–Kier alpha value is -1.76. The summed E-state index contributed by atoms with van der Waals surface area (Å²) in [5.74, 6) is 0.0880. The predicted molar refractivity (Wildman–Crippen MR) is 136 cm³/mol. The smallest absolute Gasteiger partial charge is 0.261 e. The first-order valence-corrected chi connectivity index (χ1v) is 12.8. The summed E-state index contributed by atoms with van der Waals surface area (Å²) in [6.07, 6.45) is 5.89. The molecule has 1 saturated carbocycles. The summed E-state index contributed by atoms with van der Waals surface area (Å²) in [6.45, 7) is 1.92. The third kappa shape index (κ3) is 7.36. The van der Waals surface area contributed by atoms with Gasteiger partial charge in [0.2, 0.25) is 5.91 Å². The molecule has 2 aromatic rings. The molecule has 8 heteroatoms. The van der Waals surface area contributed by atoms with Crippen molar-refractivity contribution in [2.24, 2.45) is 0 Å². The Kier molecular flexibility index (Phi) is 9.90. The van der Waals surface area contributed by atoms with E-state index in [0.717, 1.165) is 31.2 Å². The molecule has 0 aromatic heterocycles. The van der Waals surface area contributed by atoms with Crippen LogP contribution in [0.15, 0.2) is 46.9 Å². The normalized spacial score (nSPS) is 15.0. The molecule has 0 heterocycles. The SMILES string of the molecule is CC[C@@H](C(=O)NC1CCCCC1)N(Cc1ccccc1Cl)C(=O)COc1ccc(Cl)cc1Br. The highest BCUT2D eigenvalue weighted by atomic mass is 79.9. The summed E-state index contributed by atoms with van der Waals surface area (Å²) in [7, 11) is 0. The van der Waals surface area contributed by atoms with E-state index in [1.165, 1.54) is 6.42 Å². The van der Waals surface area contributed by atoms with Crippen LogP contribution in [0, 0.1) is 0 Å². The van der Waals surface area contributed by atoms with Gasteiger partial charge in [0.25, 0.3) is 5.91 Å². The minimum Gasteiger partial charge on any atom is -0.483 e. The minimum absolute atomic E-state index is 0.127. The van der Waals surface area contributed by atoms with Gasteiger partial charge in [-0.1, -0.05) is 67.6 Å². The second-order valence-corrected chi connectivity index (χ2v) is 9.94. The number of halogens is 3. The molecular formula is C25H29BrCl2N2O3. The number of hydrogen-bond acceptors (Lipinski definition) is 3. The van der Waals surface area contributed by atoms with E-state index in [0.29, 0.717) is 26.7 Å². The highest BCUT2D eigenvalue weighted by Gasteiger charge is 2.31. The molecule has 0 unspecified atom stereocenters. The fourth-order valence-corrected chi connectivity index (χ4v) is 5.08. The van der Waals surface area contributed by atoms with Gasteiger partial charge in [-0.2, -0.15) is 0 Å². The molecule has 2 aromatic carbocycles. The molecule has 0 radical (unpaired) electrons. The van der Waals surface area contributed by atoms with Gasteiger partial charge >= 0.3 is 0 Å². The average Bonchev–Trinajstić information content (AvgIpc) is 2.80. The summed E-state index contributed by atoms with van der Waals surface area (Å²) >= 11 is 15.8. The van der Waals surface area contributed by atoms with Gasteiger partial charge in [0.1, 0.15) is 11.8 Å². The highest BCUT2D eigenvalue weighted by molar-refractivity contribution is 9.10. The van der Waals surface area contributed by atoms with Gasteiger partial charge < -0.3 is 15.0 Å². The fourth-order valence-electron chi connectivity index (χ4n) is 4.09. The van der Waals surface area contributed by atoms with Crippen LogP contribution < -0.4 is 10.1 Å². The van der Waals surface area contributed by atoms with E-state index in [-0.39, 0.29) is 31.0 Å². The number of ether oxygens (including phenoxy) is 1. The van der Waals surface area contributed by atoms with Crippen LogP contribution in [0.2, 0.25) is 10.0 Å². The first kappa shape index (κ1) is 25.9. The molecule has 178 valence electrons. The number of carbonyl (C=O) groups excluding carboxylic acids is 2. The lowest BCUT2D eigenvalue weighted by Crippen LogP contribution is -2.52. The minimum atomic E-state index is -0.618. The zero-order valence-corrected chi connectivity index (χ0v) is 21.8. The third-order valence-electron chi connectivity index (χ3n) is 5.88. The number of hydrogen-bond donors (Lipinski definition) is 1. The summed E-state index contributed by atoms with van der Waals surface area (Å²) < 4.78 is 6.42. The van der Waals surface area contributed by atoms with Crippen LogP contribution in [0.4, 0.5) is 0 Å². The van der Waals surface area contributed by atoms with E-state index < -0.39 is 6.04 Å². The van der Waals surface area contributed by atoms with Crippen molar-refractivity contribution in [3.8, 4) is 5.75 Å². The van der Waals surface area contributed by atoms with Crippen molar-refractivity contribution in [1.29, 1.82) is 0 Å². The zero-order chi connectivity index (χ0) is 23.8. The summed E-state index contributed by atoms with van der Waals surface area (Å²) in [5, 5.41) is 4.28. The van der Waals surface area contributed by atoms with E-state index in [9.17, 15) is 9.59 Å². The van der Waals surface area contributed by atoms with Crippen LogP contribution >= 0.6 is 39.1 Å². The van der Waals surface area contributed by atoms with Gasteiger partial charge in [0, 0.05) is 22.6 Å². The zero-order valence-electron chi connectivity index (χ0n) is 18.7. The van der Waals surface area contributed by atoms with Crippen molar-refractivity contribution in [1.82, 2.24) is 10.2 Å². The lowest BCUT2D eigenvalue weighted by molar-refractivity contribution is -0.143. The van der Waals surface area contributed by atoms with Crippen molar-refractivity contribution in [2.45, 2.75) is 64.1 Å². The number of benzene rings is 2. The van der Waals surface area contributed by atoms with Gasteiger partial charge in [0.05, 0.1) is 4.47 Å². The summed E-state index contributed by atoms with van der Waals surface area (Å²) in [5.41, 5.74) is 0.782. The first-order valence-electron chi connectivity index (χ1n) is 11.3. The molecule has 1 N–H and O–H groups in total. The van der Waals surface area contributed by atoms with Crippen molar-refractivity contribution in [3.63, 3.8) is 0 Å². The Bertz CT molecular complexity index is 966. The molecule has 1 aliphatic carbocycles. The molecule has 0 bridgehead atoms. The summed E-state index contributed by atoms with van der Waals surface area (Å²) in [6, 6.07) is 12.0. The fraction of sp³-hybridized carbons (Fsp3) is 0.440. The van der Waals surface area contributed by atoms with E-state index in [1.807, 2.05) is 25.1 Å². The molecule has 0 aliphatic heterocycles. The Balaban J connectivity index is 1.78. The number of nitrogens with one attached hydrogen (secondary N) is 1. The third-order valence-corrected chi connectivity index (χ3v) is 7.10. The molecular weight excluding hydrogens is 527 g/mol. The molecule has 0 saturated heterocycles. The topological polar surface area (TPSA) is 58.6 Å². The maximum atomic E-state index is 13.3. The lowest BCUT2D eigenvalue weighted by Gasteiger charge is -2.33. The summed E-state index contributed by atoms with van der Waals surface area (Å²) in [4.78, 5) is 28.1. The molecule has 1 aliphatic rings. The second kappa shape index (κ2) is 12.6. The molecule has 3 rings (SSSR count). The van der Waals surface area contributed by atoms with E-state index in [4.69, 9.17) is 27.9 Å². The Labute approximate surface area is 213 Å². The van der Waals surface area contributed by atoms with Gasteiger partial charge in [-0.3, -0.25) is 9.59 Å². The second-order valence-electron chi connectivity index (χ2n) is 8.24. The standard InChI is InChI=1S/C25H29BrCl2N2O3/c1-2-22(25(32)29-19-9-4-3-5-10-19)30(15-17-8-6-7-11-21(17)28)24(31)16-33-23-13-12-18(27)14-20(23)26/h6-8,11-14,19,22H,2-5,9-10,15-16H2,1H3,(H,29,32)/t22-/m0/s1. The molecule has 1 atom stereocenters. The maximum Gasteiger partial charge on any atom is 0.261 e. The van der Waals surface area contributed by atoms with Gasteiger partial charge in [-0.15, -0.1) is 0 Å². The van der Waals surface area contributed by atoms with Crippen molar-refractivity contribution in [2.75, 3.05) is 6.61 Å². The van der Waals surface area contributed by atoms with E-state index >= 15 is 0 Å². The van der Waals surface area contributed by atoms with Crippen LogP contribution in [0.25, 0.3) is 0 Å². The molecule has 2 amide bonds. The molecule has 1 fully saturated rings. The van der Waals surface area contributed by atoms with Crippen molar-refractivity contribution in [3.05, 3.63) is 62.5 Å². The van der Waals surface area contributed by atoms with Crippen LogP contribution in [-0.4, -0.2) is 35.4 Å². The number of amides is 2. The van der Waals surface area contributed by atoms with Crippen LogP contribution in [0.5, 0.6) is 5.75 Å². The van der Waals surface area contributed by atoms with Crippen molar-refractivity contribution >= 4 is 50.9 Å². The average molecular weight is 556 g/mol. The number of carbonyl (C=O) groups is 2. The Morgan fingerprint density at radius 3 is 2.55 bits per heavy atom. The lowest BCUT2D eigenvalue weighted by atomic mass is 9.95. The first-order chi connectivity index (χ1) is 15.9. The van der Waals surface area contributed by atoms with E-state index in [2.05, 4.69) is 21.2 Å². The quantitative estimate of drug-likeness (QED) is 0.390. The largest absolute Gasteiger partial charge is 0.483 e. The predicted octanol–water partition coefficient (Wildman–Crippen LogP) is 6.39. The number of nitrogens with zero attached hydrogens (tertiary/aromatic N) is 1. The molecule has 33 heavy (non-hydrogen) atoms. The number of rotatable bonds is 9. The molecule has 5 nitrogen and oxygen atoms in total. The van der Waals surface area contributed by atoms with Crippen LogP contribution in [0.3, 0.4) is 0 Å². The van der Waals surface area contributed by atoms with Gasteiger partial charge in [-0.05, 0) is 65.0 Å². The van der Waals surface area contributed by atoms with Crippen molar-refractivity contribution < 1.29 is 14.3 Å². The highest BCUT2D eigenvalue weighted by Crippen LogP contribution is 2.28. The van der Waals surface area contributed by atoms with E-state index in [1.54, 1.807) is 29.2 Å². The van der Waals surface area contributed by atoms with Crippen LogP contribution in [0.1, 0.15) is 51.0 Å². The maximum absolute atomic E-state index is 13.3. The molecule has 0 spiro atoms. The monoisotopic (exact) mass is 554 g/mol. The van der Waals surface area contributed by atoms with Crippen LogP contribution in [-0.2, 0) is 16.1 Å². The Morgan fingerprint density at radius 2 is 1.88 bits per heavy atom. The van der Waals surface area contributed by atoms with Gasteiger partial charge in [-0.25, -0.2) is 0 Å². The van der Waals surface area contributed by atoms with Gasteiger partial charge in [0.15, 0.2) is 6.61 Å².